The molecule has 1 amide bonds. The minimum Gasteiger partial charge on any atom is -0.358 e. The predicted octanol–water partition coefficient (Wildman–Crippen LogP) is 3.86. The van der Waals surface area contributed by atoms with Crippen molar-refractivity contribution in [2.24, 2.45) is 0 Å². The summed E-state index contributed by atoms with van der Waals surface area (Å²) in [7, 11) is 0. The summed E-state index contributed by atoms with van der Waals surface area (Å²) in [6.45, 7) is 4.24. The van der Waals surface area contributed by atoms with E-state index in [0.29, 0.717) is 12.1 Å². The number of rotatable bonds is 8. The van der Waals surface area contributed by atoms with Gasteiger partial charge in [0.05, 0.1) is 0 Å². The third-order valence-corrected chi connectivity index (χ3v) is 6.06. The first-order valence-corrected chi connectivity index (χ1v) is 9.97. The summed E-state index contributed by atoms with van der Waals surface area (Å²) in [6.07, 6.45) is 3.19. The van der Waals surface area contributed by atoms with Gasteiger partial charge in [-0.15, -0.1) is 10.2 Å². The molecule has 1 fully saturated rings. The van der Waals surface area contributed by atoms with Crippen LogP contribution < -0.4 is 10.6 Å². The maximum absolute atomic E-state index is 12.6. The molecule has 7 heteroatoms. The van der Waals surface area contributed by atoms with Gasteiger partial charge in [-0.05, 0) is 31.7 Å². The zero-order chi connectivity index (χ0) is 16.9. The minimum atomic E-state index is -0.295. The highest BCUT2D eigenvalue weighted by Crippen LogP contribution is 2.38. The summed E-state index contributed by atoms with van der Waals surface area (Å²) in [4.78, 5) is 12.6. The molecule has 24 heavy (non-hydrogen) atoms. The maximum atomic E-state index is 12.6. The number of thioether (sulfide) groups is 1. The molecule has 1 aliphatic carbocycles. The quantitative estimate of drug-likeness (QED) is 0.698. The van der Waals surface area contributed by atoms with Crippen molar-refractivity contribution in [3.8, 4) is 0 Å². The standard InChI is InChI=1S/C17H22N4OS2/c1-3-11(2)18-16-20-21-17(24-16)23-14(12-7-5-4-6-8-12)15(22)19-13-9-10-13/h4-8,11,13-14H,3,9-10H2,1-2H3,(H,18,20)(H,19,22). The van der Waals surface area contributed by atoms with Crippen LogP contribution in [0.3, 0.4) is 0 Å². The van der Waals surface area contributed by atoms with Crippen molar-refractivity contribution in [1.82, 2.24) is 15.5 Å². The Morgan fingerprint density at radius 2 is 2.08 bits per heavy atom. The highest BCUT2D eigenvalue weighted by atomic mass is 32.2. The van der Waals surface area contributed by atoms with E-state index in [2.05, 4.69) is 34.7 Å². The van der Waals surface area contributed by atoms with Crippen molar-refractivity contribution in [2.75, 3.05) is 5.32 Å². The fourth-order valence-electron chi connectivity index (χ4n) is 2.13. The number of amides is 1. The Morgan fingerprint density at radius 3 is 2.75 bits per heavy atom. The molecule has 0 radical (unpaired) electrons. The first-order chi connectivity index (χ1) is 11.7. The van der Waals surface area contributed by atoms with Crippen LogP contribution in [0.2, 0.25) is 0 Å². The molecule has 0 saturated heterocycles. The minimum absolute atomic E-state index is 0.0559. The second-order valence-electron chi connectivity index (χ2n) is 6.02. The molecule has 2 unspecified atom stereocenters. The highest BCUT2D eigenvalue weighted by Gasteiger charge is 2.29. The largest absolute Gasteiger partial charge is 0.358 e. The Balaban J connectivity index is 1.72. The fourth-order valence-corrected chi connectivity index (χ4v) is 4.20. The molecule has 0 aliphatic heterocycles. The number of aromatic nitrogens is 2. The average Bonchev–Trinajstić information content (AvgIpc) is 3.30. The second kappa shape index (κ2) is 7.98. The van der Waals surface area contributed by atoms with Gasteiger partial charge in [-0.3, -0.25) is 4.79 Å². The van der Waals surface area contributed by atoms with E-state index in [4.69, 9.17) is 0 Å². The van der Waals surface area contributed by atoms with Gasteiger partial charge < -0.3 is 10.6 Å². The lowest BCUT2D eigenvalue weighted by molar-refractivity contribution is -0.120. The normalized spacial score (nSPS) is 16.4. The topological polar surface area (TPSA) is 66.9 Å². The fraction of sp³-hybridized carbons (Fsp3) is 0.471. The molecular weight excluding hydrogens is 340 g/mol. The van der Waals surface area contributed by atoms with Gasteiger partial charge >= 0.3 is 0 Å². The van der Waals surface area contributed by atoms with Crippen LogP contribution in [0, 0.1) is 0 Å². The van der Waals surface area contributed by atoms with Gasteiger partial charge in [-0.2, -0.15) is 0 Å². The molecule has 2 atom stereocenters. The van der Waals surface area contributed by atoms with Gasteiger partial charge in [0, 0.05) is 12.1 Å². The summed E-state index contributed by atoms with van der Waals surface area (Å²) < 4.78 is 0.806. The van der Waals surface area contributed by atoms with Gasteiger partial charge in [0.1, 0.15) is 5.25 Å². The summed E-state index contributed by atoms with van der Waals surface area (Å²) >= 11 is 2.97. The molecule has 5 nitrogen and oxygen atoms in total. The molecule has 0 bridgehead atoms. The number of hydrogen-bond donors (Lipinski definition) is 2. The van der Waals surface area contributed by atoms with Crippen molar-refractivity contribution in [3.05, 3.63) is 35.9 Å². The van der Waals surface area contributed by atoms with Gasteiger partial charge in [-0.1, -0.05) is 60.4 Å². The number of carbonyl (C=O) groups excluding carboxylic acids is 1. The number of anilines is 1. The van der Waals surface area contributed by atoms with E-state index in [1.807, 2.05) is 30.3 Å². The first kappa shape index (κ1) is 17.2. The van der Waals surface area contributed by atoms with Crippen molar-refractivity contribution < 1.29 is 4.79 Å². The zero-order valence-corrected chi connectivity index (χ0v) is 15.5. The third kappa shape index (κ3) is 4.70. The Hall–Kier alpha value is -1.60. The van der Waals surface area contributed by atoms with Crippen LogP contribution >= 0.6 is 23.1 Å². The number of nitrogens with zero attached hydrogens (tertiary/aromatic N) is 2. The molecule has 1 heterocycles. The average molecular weight is 363 g/mol. The van der Waals surface area contributed by atoms with Crippen LogP contribution in [0.4, 0.5) is 5.13 Å². The molecule has 2 aromatic rings. The van der Waals surface area contributed by atoms with Crippen molar-refractivity contribution >= 4 is 34.1 Å². The predicted molar refractivity (Wildman–Crippen MR) is 99.5 cm³/mol. The second-order valence-corrected chi connectivity index (χ2v) is 8.35. The molecule has 1 aliphatic rings. The summed E-state index contributed by atoms with van der Waals surface area (Å²) in [5, 5.41) is 15.4. The van der Waals surface area contributed by atoms with Gasteiger partial charge in [-0.25, -0.2) is 0 Å². The number of hydrogen-bond acceptors (Lipinski definition) is 6. The van der Waals surface area contributed by atoms with Gasteiger partial charge in [0.15, 0.2) is 4.34 Å². The van der Waals surface area contributed by atoms with Gasteiger partial charge in [0.25, 0.3) is 0 Å². The monoisotopic (exact) mass is 362 g/mol. The number of nitrogens with one attached hydrogen (secondary N) is 2. The molecule has 1 aromatic carbocycles. The molecular formula is C17H22N4OS2. The summed E-state index contributed by atoms with van der Waals surface area (Å²) in [5.74, 6) is 0.0559. The Labute approximate surface area is 150 Å². The summed E-state index contributed by atoms with van der Waals surface area (Å²) in [5.41, 5.74) is 0.993. The van der Waals surface area contributed by atoms with Gasteiger partial charge in [0.2, 0.25) is 11.0 Å². The molecule has 128 valence electrons. The van der Waals surface area contributed by atoms with Crippen LogP contribution in [0.5, 0.6) is 0 Å². The Morgan fingerprint density at radius 1 is 1.33 bits per heavy atom. The van der Waals surface area contributed by atoms with Crippen LogP contribution in [0.1, 0.15) is 43.9 Å². The van der Waals surface area contributed by atoms with Crippen LogP contribution in [-0.2, 0) is 4.79 Å². The highest BCUT2D eigenvalue weighted by molar-refractivity contribution is 8.01. The van der Waals surface area contributed by atoms with Crippen LogP contribution in [0.15, 0.2) is 34.7 Å². The van der Waals surface area contributed by atoms with Crippen molar-refractivity contribution in [2.45, 2.75) is 54.8 Å². The van der Waals surface area contributed by atoms with E-state index in [1.54, 1.807) is 0 Å². The SMILES string of the molecule is CCC(C)Nc1nnc(SC(C(=O)NC2CC2)c2ccccc2)s1. The lowest BCUT2D eigenvalue weighted by Gasteiger charge is -2.15. The van der Waals surface area contributed by atoms with Crippen molar-refractivity contribution in [1.29, 1.82) is 0 Å². The lowest BCUT2D eigenvalue weighted by atomic mass is 10.1. The van der Waals surface area contributed by atoms with E-state index in [0.717, 1.165) is 34.3 Å². The molecule has 1 saturated carbocycles. The molecule has 2 N–H and O–H groups in total. The lowest BCUT2D eigenvalue weighted by Crippen LogP contribution is -2.29. The van der Waals surface area contributed by atoms with Crippen LogP contribution in [-0.4, -0.2) is 28.2 Å². The van der Waals surface area contributed by atoms with E-state index in [9.17, 15) is 4.79 Å². The Bertz CT molecular complexity index is 672. The van der Waals surface area contributed by atoms with E-state index in [-0.39, 0.29) is 11.2 Å². The zero-order valence-electron chi connectivity index (χ0n) is 13.9. The Kier molecular flexibility index (Phi) is 5.73. The van der Waals surface area contributed by atoms with Crippen molar-refractivity contribution in [3.63, 3.8) is 0 Å². The first-order valence-electron chi connectivity index (χ1n) is 8.27. The van der Waals surface area contributed by atoms with E-state index < -0.39 is 0 Å². The third-order valence-electron chi connectivity index (χ3n) is 3.87. The number of carbonyl (C=O) groups is 1. The molecule has 0 spiro atoms. The van der Waals surface area contributed by atoms with E-state index in [1.165, 1.54) is 23.1 Å². The maximum Gasteiger partial charge on any atom is 0.238 e. The molecule has 3 rings (SSSR count). The van der Waals surface area contributed by atoms with Crippen LogP contribution in [0.25, 0.3) is 0 Å². The number of benzene rings is 1. The molecule has 1 aromatic heterocycles. The smallest absolute Gasteiger partial charge is 0.238 e. The summed E-state index contributed by atoms with van der Waals surface area (Å²) in [6, 6.07) is 10.6. The van der Waals surface area contributed by atoms with E-state index >= 15 is 0 Å².